The molecule has 0 saturated carbocycles. The maximum absolute atomic E-state index is 12.7. The van der Waals surface area contributed by atoms with Gasteiger partial charge in [-0.25, -0.2) is 9.97 Å². The average Bonchev–Trinajstić information content (AvgIpc) is 3.40. The van der Waals surface area contributed by atoms with Crippen LogP contribution in [-0.2, 0) is 26.0 Å². The third-order valence-corrected chi connectivity index (χ3v) is 6.51. The lowest BCUT2D eigenvalue weighted by atomic mass is 10.00. The smallest absolute Gasteiger partial charge is 0.260 e. The van der Waals surface area contributed by atoms with Crippen LogP contribution in [0.4, 0.5) is 0 Å². The van der Waals surface area contributed by atoms with Gasteiger partial charge in [0.1, 0.15) is 0 Å². The molecule has 0 saturated heterocycles. The van der Waals surface area contributed by atoms with Gasteiger partial charge in [0, 0.05) is 41.0 Å². The number of hydrogen-bond donors (Lipinski definition) is 3. The molecule has 164 valence electrons. The molecule has 5 aromatic rings. The van der Waals surface area contributed by atoms with E-state index in [1.807, 2.05) is 4.57 Å². The Hall–Kier alpha value is -4.04. The minimum Gasteiger partial charge on any atom is -0.390 e. The third kappa shape index (κ3) is 3.10. The largest absolute Gasteiger partial charge is 0.390 e. The van der Waals surface area contributed by atoms with Crippen molar-refractivity contribution in [1.29, 1.82) is 0 Å². The van der Waals surface area contributed by atoms with Crippen molar-refractivity contribution >= 4 is 21.9 Å². The van der Waals surface area contributed by atoms with E-state index in [4.69, 9.17) is 0 Å². The summed E-state index contributed by atoms with van der Waals surface area (Å²) in [4.78, 5) is 38.8. The molecule has 1 aliphatic carbocycles. The van der Waals surface area contributed by atoms with Crippen LogP contribution in [0.25, 0.3) is 33.1 Å². The van der Waals surface area contributed by atoms with Gasteiger partial charge in [-0.15, -0.1) is 0 Å². The number of hydrogen-bond acceptors (Lipinski definition) is 5. The van der Waals surface area contributed by atoms with E-state index in [1.165, 1.54) is 17.5 Å². The molecule has 6 rings (SSSR count). The Morgan fingerprint density at radius 2 is 1.85 bits per heavy atom. The summed E-state index contributed by atoms with van der Waals surface area (Å²) in [5.41, 5.74) is 6.24. The van der Waals surface area contributed by atoms with Gasteiger partial charge in [-0.1, -0.05) is 0 Å². The van der Waals surface area contributed by atoms with Crippen LogP contribution in [0, 0.1) is 0 Å². The maximum atomic E-state index is 12.7. The Balaban J connectivity index is 1.62. The Bertz CT molecular complexity index is 1660. The molecule has 1 aromatic carbocycles. The lowest BCUT2D eigenvalue weighted by molar-refractivity contribution is 0.273. The molecule has 0 unspecified atom stereocenters. The molecule has 33 heavy (non-hydrogen) atoms. The zero-order chi connectivity index (χ0) is 22.5. The van der Waals surface area contributed by atoms with Crippen molar-refractivity contribution in [3.63, 3.8) is 0 Å². The number of aliphatic hydroxyl groups is 1. The lowest BCUT2D eigenvalue weighted by Gasteiger charge is -2.11. The number of pyridine rings is 2. The summed E-state index contributed by atoms with van der Waals surface area (Å²) in [5.74, 6) is 0. The number of aryl methyl sites for hydroxylation is 2. The highest BCUT2D eigenvalue weighted by Gasteiger charge is 2.23. The summed E-state index contributed by atoms with van der Waals surface area (Å²) < 4.78 is 2.03. The summed E-state index contributed by atoms with van der Waals surface area (Å²) >= 11 is 0. The van der Waals surface area contributed by atoms with E-state index < -0.39 is 0 Å². The first-order valence-electron chi connectivity index (χ1n) is 10.9. The first kappa shape index (κ1) is 19.6. The molecule has 3 N–H and O–H groups in total. The average molecular weight is 439 g/mol. The number of aliphatic hydroxyl groups excluding tert-OH is 1. The van der Waals surface area contributed by atoms with Gasteiger partial charge in [-0.3, -0.25) is 9.59 Å². The fourth-order valence-electron chi connectivity index (χ4n) is 5.00. The number of nitrogens with one attached hydrogen (secondary N) is 2. The van der Waals surface area contributed by atoms with E-state index in [9.17, 15) is 14.7 Å². The highest BCUT2D eigenvalue weighted by molar-refractivity contribution is 5.99. The second kappa shape index (κ2) is 7.53. The molecule has 1 aliphatic rings. The Kier molecular flexibility index (Phi) is 4.48. The van der Waals surface area contributed by atoms with E-state index in [2.05, 4.69) is 32.1 Å². The van der Waals surface area contributed by atoms with Crippen LogP contribution in [0.1, 0.15) is 28.8 Å². The number of rotatable bonds is 4. The van der Waals surface area contributed by atoms with E-state index in [-0.39, 0.29) is 17.7 Å². The summed E-state index contributed by atoms with van der Waals surface area (Å²) in [6.45, 7) is 0.166. The van der Waals surface area contributed by atoms with Crippen LogP contribution in [0.2, 0.25) is 0 Å². The summed E-state index contributed by atoms with van der Waals surface area (Å²) in [5, 5.41) is 11.8. The topological polar surface area (TPSA) is 117 Å². The molecule has 4 heterocycles. The number of nitrogens with zero attached hydrogens (tertiary/aromatic N) is 3. The van der Waals surface area contributed by atoms with Crippen molar-refractivity contribution in [2.24, 2.45) is 0 Å². The standard InChI is InChI=1S/C25H21N5O3/c31-12-21-22(17-5-2-6-26-24(17)32)18-8-15-3-1-4-16(15)9-20(18)30(21)11-14-7-19-23(27-10-14)28-13-29-25(19)33/h2,5-10,13,31H,1,3-4,11-12H2,(H,26,32)(H,27,28,29,33). The van der Waals surface area contributed by atoms with Gasteiger partial charge in [0.05, 0.1) is 24.0 Å². The quantitative estimate of drug-likeness (QED) is 0.398. The molecule has 0 bridgehead atoms. The molecule has 0 amide bonds. The monoisotopic (exact) mass is 439 g/mol. The summed E-state index contributed by atoms with van der Waals surface area (Å²) in [6, 6.07) is 9.71. The van der Waals surface area contributed by atoms with Crippen molar-refractivity contribution in [3.8, 4) is 11.1 Å². The molecular weight excluding hydrogens is 418 g/mol. The molecule has 0 radical (unpaired) electrons. The highest BCUT2D eigenvalue weighted by Crippen LogP contribution is 2.38. The van der Waals surface area contributed by atoms with E-state index in [1.54, 1.807) is 30.6 Å². The van der Waals surface area contributed by atoms with Crippen molar-refractivity contribution < 1.29 is 5.11 Å². The number of aromatic nitrogens is 5. The minimum atomic E-state index is -0.247. The van der Waals surface area contributed by atoms with E-state index in [0.29, 0.717) is 28.8 Å². The Morgan fingerprint density at radius 1 is 1.00 bits per heavy atom. The van der Waals surface area contributed by atoms with Gasteiger partial charge in [-0.05, 0) is 66.3 Å². The second-order valence-corrected chi connectivity index (χ2v) is 8.42. The van der Waals surface area contributed by atoms with Crippen LogP contribution in [0.3, 0.4) is 0 Å². The van der Waals surface area contributed by atoms with Gasteiger partial charge >= 0.3 is 0 Å². The molecular formula is C25H21N5O3. The fourth-order valence-corrected chi connectivity index (χ4v) is 5.00. The summed E-state index contributed by atoms with van der Waals surface area (Å²) in [6.07, 6.45) is 7.79. The zero-order valence-corrected chi connectivity index (χ0v) is 17.8. The predicted octanol–water partition coefficient (Wildman–Crippen LogP) is 2.66. The minimum absolute atomic E-state index is 0.197. The number of aromatic amines is 2. The second-order valence-electron chi connectivity index (χ2n) is 8.42. The first-order chi connectivity index (χ1) is 16.1. The van der Waals surface area contributed by atoms with Crippen molar-refractivity contribution in [1.82, 2.24) is 24.5 Å². The first-order valence-corrected chi connectivity index (χ1v) is 10.9. The lowest BCUT2D eigenvalue weighted by Crippen LogP contribution is -2.11. The SMILES string of the molecule is O=c1[nH]cccc1-c1c(CO)n(Cc2cnc3nc[nH]c(=O)c3c2)c2cc3c(cc12)CCC3. The molecule has 0 spiro atoms. The van der Waals surface area contributed by atoms with Gasteiger partial charge in [0.25, 0.3) is 11.1 Å². The van der Waals surface area contributed by atoms with Crippen molar-refractivity contribution in [2.75, 3.05) is 0 Å². The maximum Gasteiger partial charge on any atom is 0.260 e. The van der Waals surface area contributed by atoms with Gasteiger partial charge in [0.15, 0.2) is 5.65 Å². The van der Waals surface area contributed by atoms with Crippen LogP contribution < -0.4 is 11.1 Å². The zero-order valence-electron chi connectivity index (χ0n) is 17.8. The number of benzene rings is 1. The predicted molar refractivity (Wildman–Crippen MR) is 125 cm³/mol. The third-order valence-electron chi connectivity index (χ3n) is 6.51. The van der Waals surface area contributed by atoms with Crippen molar-refractivity contribution in [3.05, 3.63) is 92.1 Å². The molecule has 8 nitrogen and oxygen atoms in total. The van der Waals surface area contributed by atoms with Gasteiger partial charge in [0.2, 0.25) is 0 Å². The molecule has 0 atom stereocenters. The Labute approximate surface area is 187 Å². The van der Waals surface area contributed by atoms with Crippen LogP contribution in [0.15, 0.2) is 58.6 Å². The highest BCUT2D eigenvalue weighted by atomic mass is 16.3. The summed E-state index contributed by atoms with van der Waals surface area (Å²) in [7, 11) is 0. The molecule has 4 aromatic heterocycles. The Morgan fingerprint density at radius 3 is 2.67 bits per heavy atom. The van der Waals surface area contributed by atoms with E-state index in [0.717, 1.165) is 41.3 Å². The molecule has 0 aliphatic heterocycles. The molecule has 0 fully saturated rings. The van der Waals surface area contributed by atoms with Gasteiger partial charge in [-0.2, -0.15) is 0 Å². The number of fused-ring (bicyclic) bond motifs is 3. The van der Waals surface area contributed by atoms with Crippen molar-refractivity contribution in [2.45, 2.75) is 32.4 Å². The van der Waals surface area contributed by atoms with Crippen LogP contribution in [-0.4, -0.2) is 29.6 Å². The molecule has 8 heteroatoms. The van der Waals surface area contributed by atoms with Gasteiger partial charge < -0.3 is 19.6 Å². The van der Waals surface area contributed by atoms with Crippen LogP contribution in [0.5, 0.6) is 0 Å². The normalized spacial score (nSPS) is 13.1. The number of H-pyrrole nitrogens is 2. The van der Waals surface area contributed by atoms with Crippen LogP contribution >= 0.6 is 0 Å². The fraction of sp³-hybridized carbons (Fsp3) is 0.200. The van der Waals surface area contributed by atoms with E-state index >= 15 is 0 Å².